The third-order valence-electron chi connectivity index (χ3n) is 1.82. The highest BCUT2D eigenvalue weighted by atomic mass is 16.5. The Bertz CT molecular complexity index is 277. The van der Waals surface area contributed by atoms with Crippen molar-refractivity contribution in [2.75, 3.05) is 25.0 Å². The van der Waals surface area contributed by atoms with E-state index in [0.29, 0.717) is 38.0 Å². The maximum atomic E-state index is 5.36. The number of aromatic nitrogens is 2. The lowest BCUT2D eigenvalue weighted by molar-refractivity contribution is 0.0851. The third kappa shape index (κ3) is 4.26. The van der Waals surface area contributed by atoms with Gasteiger partial charge in [-0.25, -0.2) is 0 Å². The van der Waals surface area contributed by atoms with E-state index < -0.39 is 0 Å². The fourth-order valence-electron chi connectivity index (χ4n) is 1.12. The van der Waals surface area contributed by atoms with Gasteiger partial charge in [-0.2, -0.15) is 0 Å². The number of ether oxygens (including phenoxy) is 1. The zero-order valence-electron chi connectivity index (χ0n) is 9.19. The van der Waals surface area contributed by atoms with Crippen molar-refractivity contribution < 1.29 is 9.15 Å². The summed E-state index contributed by atoms with van der Waals surface area (Å²) in [6.07, 6.45) is 0.732. The molecule has 0 aliphatic heterocycles. The van der Waals surface area contributed by atoms with Crippen LogP contribution in [0.2, 0.25) is 0 Å². The van der Waals surface area contributed by atoms with Crippen molar-refractivity contribution in [2.24, 2.45) is 5.73 Å². The minimum Gasteiger partial charge on any atom is -0.408 e. The minimum atomic E-state index is 0.125. The average molecular weight is 214 g/mol. The van der Waals surface area contributed by atoms with E-state index in [0.717, 1.165) is 0 Å². The molecule has 0 spiro atoms. The summed E-state index contributed by atoms with van der Waals surface area (Å²) in [5.41, 5.74) is 5.36. The Balaban J connectivity index is 2.30. The van der Waals surface area contributed by atoms with E-state index in [1.165, 1.54) is 0 Å². The number of hydrogen-bond acceptors (Lipinski definition) is 6. The number of nitrogens with zero attached hydrogens (tertiary/aromatic N) is 2. The largest absolute Gasteiger partial charge is 0.408 e. The Hall–Kier alpha value is -1.14. The van der Waals surface area contributed by atoms with Crippen LogP contribution in [0.15, 0.2) is 4.42 Å². The zero-order valence-corrected chi connectivity index (χ0v) is 9.19. The topological polar surface area (TPSA) is 86.2 Å². The molecule has 6 nitrogen and oxygen atoms in total. The van der Waals surface area contributed by atoms with Gasteiger partial charge in [0.15, 0.2) is 0 Å². The van der Waals surface area contributed by atoms with Gasteiger partial charge in [-0.15, -0.1) is 5.10 Å². The molecule has 1 aromatic heterocycles. The van der Waals surface area contributed by atoms with E-state index in [4.69, 9.17) is 14.9 Å². The summed E-state index contributed by atoms with van der Waals surface area (Å²) >= 11 is 0. The molecule has 1 heterocycles. The monoisotopic (exact) mass is 214 g/mol. The van der Waals surface area contributed by atoms with Gasteiger partial charge in [0.25, 0.3) is 0 Å². The Morgan fingerprint density at radius 1 is 1.53 bits per heavy atom. The smallest absolute Gasteiger partial charge is 0.315 e. The summed E-state index contributed by atoms with van der Waals surface area (Å²) < 4.78 is 10.6. The van der Waals surface area contributed by atoms with Crippen molar-refractivity contribution in [3.8, 4) is 0 Å². The average Bonchev–Trinajstić information content (AvgIpc) is 2.64. The van der Waals surface area contributed by atoms with Crippen molar-refractivity contribution >= 4 is 6.01 Å². The van der Waals surface area contributed by atoms with Crippen LogP contribution in [0.4, 0.5) is 6.01 Å². The van der Waals surface area contributed by atoms with Gasteiger partial charge in [0.2, 0.25) is 5.89 Å². The number of nitrogens with one attached hydrogen (secondary N) is 1. The summed E-state index contributed by atoms with van der Waals surface area (Å²) in [6.45, 7) is 5.80. The molecule has 86 valence electrons. The Labute approximate surface area is 89.2 Å². The van der Waals surface area contributed by atoms with Crippen LogP contribution in [0.3, 0.4) is 0 Å². The van der Waals surface area contributed by atoms with Gasteiger partial charge in [-0.3, -0.25) is 0 Å². The van der Waals surface area contributed by atoms with Gasteiger partial charge in [0, 0.05) is 26.1 Å². The predicted molar refractivity (Wildman–Crippen MR) is 56.6 cm³/mol. The molecular weight excluding hydrogens is 196 g/mol. The fourth-order valence-corrected chi connectivity index (χ4v) is 1.12. The molecule has 0 aliphatic carbocycles. The molecule has 1 rings (SSSR count). The summed E-state index contributed by atoms with van der Waals surface area (Å²) in [5.74, 6) is 0.559. The van der Waals surface area contributed by atoms with Crippen LogP contribution < -0.4 is 11.1 Å². The van der Waals surface area contributed by atoms with Crippen LogP contribution in [-0.2, 0) is 11.2 Å². The fraction of sp³-hybridized carbons (Fsp3) is 0.778. The maximum absolute atomic E-state index is 5.36. The van der Waals surface area contributed by atoms with Crippen molar-refractivity contribution in [2.45, 2.75) is 26.4 Å². The lowest BCUT2D eigenvalue weighted by Gasteiger charge is -2.10. The number of hydrogen-bond donors (Lipinski definition) is 2. The van der Waals surface area contributed by atoms with Gasteiger partial charge in [-0.05, 0) is 13.8 Å². The molecule has 0 saturated carbocycles. The minimum absolute atomic E-state index is 0.125. The van der Waals surface area contributed by atoms with Gasteiger partial charge in [0.05, 0.1) is 6.10 Å². The highest BCUT2D eigenvalue weighted by molar-refractivity contribution is 5.16. The van der Waals surface area contributed by atoms with Gasteiger partial charge in [0.1, 0.15) is 0 Å². The molecule has 0 bridgehead atoms. The lowest BCUT2D eigenvalue weighted by atomic mass is 10.4. The van der Waals surface area contributed by atoms with Crippen molar-refractivity contribution in [1.29, 1.82) is 0 Å². The highest BCUT2D eigenvalue weighted by Crippen LogP contribution is 2.05. The van der Waals surface area contributed by atoms with Crippen LogP contribution in [0, 0.1) is 0 Å². The summed E-state index contributed by atoms with van der Waals surface area (Å²) in [4.78, 5) is 0. The molecule has 0 saturated heterocycles. The zero-order chi connectivity index (χ0) is 11.1. The van der Waals surface area contributed by atoms with Crippen LogP contribution in [0.25, 0.3) is 0 Å². The first-order valence-corrected chi connectivity index (χ1v) is 5.14. The molecule has 1 aromatic rings. The van der Waals surface area contributed by atoms with Gasteiger partial charge < -0.3 is 20.2 Å². The second-order valence-electron chi connectivity index (χ2n) is 3.19. The highest BCUT2D eigenvalue weighted by Gasteiger charge is 2.06. The summed E-state index contributed by atoms with van der Waals surface area (Å²) in [6, 6.07) is 0.421. The Morgan fingerprint density at radius 2 is 2.33 bits per heavy atom. The Kier molecular flexibility index (Phi) is 5.06. The maximum Gasteiger partial charge on any atom is 0.315 e. The first-order valence-electron chi connectivity index (χ1n) is 5.14. The predicted octanol–water partition coefficient (Wildman–Crippen LogP) is 0.408. The molecule has 1 unspecified atom stereocenters. The van der Waals surface area contributed by atoms with E-state index in [2.05, 4.69) is 15.5 Å². The van der Waals surface area contributed by atoms with Crippen molar-refractivity contribution in [1.82, 2.24) is 10.2 Å². The van der Waals surface area contributed by atoms with Crippen LogP contribution in [-0.4, -0.2) is 36.0 Å². The summed E-state index contributed by atoms with van der Waals surface area (Å²) in [5, 5.41) is 10.7. The number of nitrogens with two attached hydrogens (primary N) is 1. The third-order valence-corrected chi connectivity index (χ3v) is 1.82. The standard InChI is InChI=1S/C9H18N4O2/c1-3-14-7(2)6-11-9-13-12-8(15-9)4-5-10/h7H,3-6,10H2,1-2H3,(H,11,13). The lowest BCUT2D eigenvalue weighted by Crippen LogP contribution is -2.19. The van der Waals surface area contributed by atoms with E-state index in [9.17, 15) is 0 Å². The molecule has 0 aromatic carbocycles. The van der Waals surface area contributed by atoms with Crippen LogP contribution in [0.1, 0.15) is 19.7 Å². The molecule has 0 radical (unpaired) electrons. The Morgan fingerprint density at radius 3 is 3.00 bits per heavy atom. The summed E-state index contributed by atoms with van der Waals surface area (Å²) in [7, 11) is 0. The molecule has 3 N–H and O–H groups in total. The molecule has 0 amide bonds. The first-order chi connectivity index (χ1) is 7.26. The van der Waals surface area contributed by atoms with Crippen LogP contribution in [0.5, 0.6) is 0 Å². The van der Waals surface area contributed by atoms with Crippen molar-refractivity contribution in [3.05, 3.63) is 5.89 Å². The first kappa shape index (κ1) is 11.9. The normalized spacial score (nSPS) is 12.7. The van der Waals surface area contributed by atoms with E-state index in [-0.39, 0.29) is 6.10 Å². The SMILES string of the molecule is CCOC(C)CNc1nnc(CCN)o1. The van der Waals surface area contributed by atoms with E-state index in [1.807, 2.05) is 13.8 Å². The van der Waals surface area contributed by atoms with Crippen LogP contribution >= 0.6 is 0 Å². The number of anilines is 1. The molecule has 0 aliphatic rings. The molecule has 15 heavy (non-hydrogen) atoms. The molecule has 0 fully saturated rings. The second kappa shape index (κ2) is 6.36. The molecular formula is C9H18N4O2. The van der Waals surface area contributed by atoms with Gasteiger partial charge >= 0.3 is 6.01 Å². The van der Waals surface area contributed by atoms with Crippen molar-refractivity contribution in [3.63, 3.8) is 0 Å². The number of rotatable bonds is 7. The quantitative estimate of drug-likeness (QED) is 0.683. The van der Waals surface area contributed by atoms with E-state index in [1.54, 1.807) is 0 Å². The van der Waals surface area contributed by atoms with Gasteiger partial charge in [-0.1, -0.05) is 5.10 Å². The molecule has 6 heteroatoms. The second-order valence-corrected chi connectivity index (χ2v) is 3.19. The van der Waals surface area contributed by atoms with E-state index >= 15 is 0 Å². The molecule has 1 atom stereocenters.